The fourth-order valence-electron chi connectivity index (χ4n) is 5.93. The van der Waals surface area contributed by atoms with Crippen molar-refractivity contribution >= 4 is 17.0 Å². The van der Waals surface area contributed by atoms with Gasteiger partial charge in [-0.25, -0.2) is 0 Å². The molecule has 2 aliphatic rings. The van der Waals surface area contributed by atoms with Crippen LogP contribution in [0.5, 0.6) is 5.75 Å². The van der Waals surface area contributed by atoms with Gasteiger partial charge >= 0.3 is 0 Å². The molecular weight excluding hydrogens is 426 g/mol. The SMILES string of the molecule is Br.OCCC[C@H]1[C@@H]2CCC[C@]1(c1cccc(O)c1)CCN2CCc1ccccc1. The fourth-order valence-corrected chi connectivity index (χ4v) is 5.93. The van der Waals surface area contributed by atoms with E-state index in [1.54, 1.807) is 6.07 Å². The van der Waals surface area contributed by atoms with E-state index in [9.17, 15) is 10.2 Å². The predicted molar refractivity (Wildman–Crippen MR) is 124 cm³/mol. The Morgan fingerprint density at radius 1 is 1.03 bits per heavy atom. The van der Waals surface area contributed by atoms with Gasteiger partial charge in [0, 0.05) is 24.6 Å². The molecule has 0 radical (unpaired) electrons. The third kappa shape index (κ3) is 4.70. The molecule has 2 fully saturated rings. The summed E-state index contributed by atoms with van der Waals surface area (Å²) in [4.78, 5) is 2.72. The lowest BCUT2D eigenvalue weighted by molar-refractivity contribution is -0.0180. The number of aliphatic hydroxyl groups is 1. The van der Waals surface area contributed by atoms with Crippen LogP contribution in [0.15, 0.2) is 54.6 Å². The summed E-state index contributed by atoms with van der Waals surface area (Å²) in [7, 11) is 0. The molecule has 158 valence electrons. The van der Waals surface area contributed by atoms with Crippen LogP contribution in [0.2, 0.25) is 0 Å². The molecule has 2 aromatic rings. The second-order valence-electron chi connectivity index (χ2n) is 8.66. The maximum atomic E-state index is 10.1. The summed E-state index contributed by atoms with van der Waals surface area (Å²) in [5, 5.41) is 19.6. The van der Waals surface area contributed by atoms with Crippen LogP contribution in [0, 0.1) is 5.92 Å². The van der Waals surface area contributed by atoms with E-state index >= 15 is 0 Å². The number of nitrogens with zero attached hydrogens (tertiary/aromatic N) is 1. The molecule has 4 heteroatoms. The van der Waals surface area contributed by atoms with Crippen LogP contribution in [0.4, 0.5) is 0 Å². The molecule has 1 saturated carbocycles. The standard InChI is InChI=1S/C25H33NO2.BrH/c27-18-6-11-23-24-12-5-14-25(23,21-9-4-10-22(28)19-21)15-17-26(24)16-13-20-7-2-1-3-8-20;/h1-4,7-10,19,23-24,27-28H,5-6,11-18H2;1H/t23-,24-,25+;/m0./s1. The van der Waals surface area contributed by atoms with Gasteiger partial charge in [-0.2, -0.15) is 0 Å². The molecule has 1 aliphatic carbocycles. The van der Waals surface area contributed by atoms with E-state index in [-0.39, 0.29) is 29.0 Å². The first-order chi connectivity index (χ1) is 13.7. The maximum absolute atomic E-state index is 10.1. The Morgan fingerprint density at radius 2 is 1.86 bits per heavy atom. The lowest BCUT2D eigenvalue weighted by Gasteiger charge is -2.57. The zero-order valence-corrected chi connectivity index (χ0v) is 18.9. The Hall–Kier alpha value is -1.36. The van der Waals surface area contributed by atoms with Gasteiger partial charge in [-0.1, -0.05) is 48.9 Å². The second kappa shape index (κ2) is 10.1. The Labute approximate surface area is 185 Å². The van der Waals surface area contributed by atoms with Crippen LogP contribution in [0.3, 0.4) is 0 Å². The molecule has 2 bridgehead atoms. The molecule has 0 amide bonds. The number of halogens is 1. The molecule has 1 heterocycles. The van der Waals surface area contributed by atoms with E-state index in [0.29, 0.717) is 17.7 Å². The van der Waals surface area contributed by atoms with Crippen LogP contribution in [-0.2, 0) is 11.8 Å². The maximum Gasteiger partial charge on any atom is 0.115 e. The number of hydrogen-bond donors (Lipinski definition) is 2. The van der Waals surface area contributed by atoms with Crippen molar-refractivity contribution in [3.05, 3.63) is 65.7 Å². The van der Waals surface area contributed by atoms with Gasteiger partial charge in [0.05, 0.1) is 0 Å². The minimum atomic E-state index is 0. The molecule has 29 heavy (non-hydrogen) atoms. The third-order valence-corrected chi connectivity index (χ3v) is 7.24. The largest absolute Gasteiger partial charge is 0.508 e. The number of aliphatic hydroxyl groups excluding tert-OH is 1. The Morgan fingerprint density at radius 3 is 2.62 bits per heavy atom. The highest BCUT2D eigenvalue weighted by Crippen LogP contribution is 2.53. The first kappa shape index (κ1) is 22.3. The van der Waals surface area contributed by atoms with E-state index in [1.807, 2.05) is 12.1 Å². The zero-order chi connectivity index (χ0) is 19.4. The van der Waals surface area contributed by atoms with Gasteiger partial charge in [-0.15, -0.1) is 17.0 Å². The highest BCUT2D eigenvalue weighted by Gasteiger charge is 2.50. The van der Waals surface area contributed by atoms with E-state index in [4.69, 9.17) is 0 Å². The van der Waals surface area contributed by atoms with Crippen LogP contribution in [0.25, 0.3) is 0 Å². The van der Waals surface area contributed by atoms with Crippen LogP contribution < -0.4 is 0 Å². The normalized spacial score (nSPS) is 26.7. The van der Waals surface area contributed by atoms with Crippen molar-refractivity contribution in [1.82, 2.24) is 4.90 Å². The number of aromatic hydroxyl groups is 1. The summed E-state index contributed by atoms with van der Waals surface area (Å²) in [5.41, 5.74) is 2.87. The highest BCUT2D eigenvalue weighted by atomic mass is 79.9. The second-order valence-corrected chi connectivity index (χ2v) is 8.66. The first-order valence-electron chi connectivity index (χ1n) is 10.9. The number of likely N-dealkylation sites (tertiary alicyclic amines) is 1. The Kier molecular flexibility index (Phi) is 7.78. The summed E-state index contributed by atoms with van der Waals surface area (Å²) in [6, 6.07) is 19.4. The summed E-state index contributed by atoms with van der Waals surface area (Å²) >= 11 is 0. The summed E-state index contributed by atoms with van der Waals surface area (Å²) in [6.07, 6.45) is 7.90. The van der Waals surface area contributed by atoms with Gasteiger partial charge < -0.3 is 10.2 Å². The lowest BCUT2D eigenvalue weighted by atomic mass is 9.55. The van der Waals surface area contributed by atoms with Gasteiger partial charge in [-0.3, -0.25) is 4.90 Å². The number of phenols is 1. The molecule has 3 atom stereocenters. The van der Waals surface area contributed by atoms with E-state index in [0.717, 1.165) is 38.8 Å². The Balaban J connectivity index is 0.00000240. The minimum Gasteiger partial charge on any atom is -0.508 e. The molecule has 2 N–H and O–H groups in total. The average Bonchev–Trinajstić information content (AvgIpc) is 2.72. The van der Waals surface area contributed by atoms with Crippen molar-refractivity contribution in [2.45, 2.75) is 56.4 Å². The van der Waals surface area contributed by atoms with E-state index in [2.05, 4.69) is 41.3 Å². The molecule has 2 aromatic carbocycles. The van der Waals surface area contributed by atoms with Gasteiger partial charge in [0.25, 0.3) is 0 Å². The van der Waals surface area contributed by atoms with Gasteiger partial charge in [0.1, 0.15) is 5.75 Å². The Bertz CT molecular complexity index is 768. The molecule has 1 aliphatic heterocycles. The molecule has 1 saturated heterocycles. The van der Waals surface area contributed by atoms with E-state index in [1.165, 1.54) is 30.4 Å². The number of fused-ring (bicyclic) bond motifs is 2. The zero-order valence-electron chi connectivity index (χ0n) is 17.2. The van der Waals surface area contributed by atoms with E-state index < -0.39 is 0 Å². The number of rotatable bonds is 7. The molecule has 0 unspecified atom stereocenters. The van der Waals surface area contributed by atoms with Crippen molar-refractivity contribution in [2.24, 2.45) is 5.92 Å². The van der Waals surface area contributed by atoms with Gasteiger partial charge in [-0.05, 0) is 74.2 Å². The molecule has 0 aromatic heterocycles. The van der Waals surface area contributed by atoms with Crippen LogP contribution >= 0.6 is 17.0 Å². The molecule has 0 spiro atoms. The number of piperidine rings is 1. The number of phenolic OH excluding ortho intramolecular Hbond substituents is 1. The summed E-state index contributed by atoms with van der Waals surface area (Å²) in [6.45, 7) is 2.51. The monoisotopic (exact) mass is 459 g/mol. The van der Waals surface area contributed by atoms with Crippen molar-refractivity contribution in [3.63, 3.8) is 0 Å². The van der Waals surface area contributed by atoms with Gasteiger partial charge in [0.2, 0.25) is 0 Å². The smallest absolute Gasteiger partial charge is 0.115 e. The topological polar surface area (TPSA) is 43.7 Å². The van der Waals surface area contributed by atoms with Crippen molar-refractivity contribution in [2.75, 3.05) is 19.7 Å². The van der Waals surface area contributed by atoms with Crippen molar-refractivity contribution < 1.29 is 10.2 Å². The highest BCUT2D eigenvalue weighted by molar-refractivity contribution is 8.93. The number of hydrogen-bond acceptors (Lipinski definition) is 3. The third-order valence-electron chi connectivity index (χ3n) is 7.24. The van der Waals surface area contributed by atoms with Crippen molar-refractivity contribution in [3.8, 4) is 5.75 Å². The first-order valence-corrected chi connectivity index (χ1v) is 10.9. The molecule has 4 rings (SSSR count). The van der Waals surface area contributed by atoms with Crippen LogP contribution in [-0.4, -0.2) is 40.9 Å². The summed E-state index contributed by atoms with van der Waals surface area (Å²) < 4.78 is 0. The lowest BCUT2D eigenvalue weighted by Crippen LogP contribution is -2.59. The average molecular weight is 460 g/mol. The number of benzene rings is 2. The molecular formula is C25H34BrNO2. The predicted octanol–water partition coefficient (Wildman–Crippen LogP) is 5.10. The minimum absolute atomic E-state index is 0. The molecule has 3 nitrogen and oxygen atoms in total. The fraction of sp³-hybridized carbons (Fsp3) is 0.520. The van der Waals surface area contributed by atoms with Crippen LogP contribution in [0.1, 0.15) is 49.7 Å². The summed E-state index contributed by atoms with van der Waals surface area (Å²) in [5.74, 6) is 0.932. The van der Waals surface area contributed by atoms with Gasteiger partial charge in [0.15, 0.2) is 0 Å². The quantitative estimate of drug-likeness (QED) is 0.605. The van der Waals surface area contributed by atoms with Crippen molar-refractivity contribution in [1.29, 1.82) is 0 Å².